The van der Waals surface area contributed by atoms with Gasteiger partial charge >= 0.3 is 0 Å². The molecule has 3 aromatic rings. The van der Waals surface area contributed by atoms with Crippen LogP contribution < -0.4 is 21.7 Å². The van der Waals surface area contributed by atoms with Crippen LogP contribution in [0.1, 0.15) is 39.3 Å². The fourth-order valence-electron chi connectivity index (χ4n) is 3.95. The lowest BCUT2D eigenvalue weighted by molar-refractivity contribution is -0.116. The van der Waals surface area contributed by atoms with E-state index in [1.165, 1.54) is 30.3 Å². The van der Waals surface area contributed by atoms with E-state index < -0.39 is 23.4 Å². The van der Waals surface area contributed by atoms with E-state index in [1.807, 2.05) is 0 Å². The number of nitrogen functional groups attached to an aromatic ring is 1. The van der Waals surface area contributed by atoms with Gasteiger partial charge in [-0.25, -0.2) is 8.78 Å². The molecule has 35 heavy (non-hydrogen) atoms. The molecule has 2 aromatic carbocycles. The van der Waals surface area contributed by atoms with Gasteiger partial charge in [-0.05, 0) is 61.9 Å². The van der Waals surface area contributed by atoms with Gasteiger partial charge in [0.15, 0.2) is 0 Å². The van der Waals surface area contributed by atoms with Crippen LogP contribution in [-0.4, -0.2) is 29.3 Å². The molecule has 2 heterocycles. The molecule has 0 saturated carbocycles. The number of hydrogen-bond acceptors (Lipinski definition) is 4. The highest BCUT2D eigenvalue weighted by Crippen LogP contribution is 2.34. The predicted octanol–water partition coefficient (Wildman–Crippen LogP) is 3.74. The summed E-state index contributed by atoms with van der Waals surface area (Å²) in [5, 5.41) is 7.96. The Morgan fingerprint density at radius 2 is 1.80 bits per heavy atom. The highest BCUT2D eigenvalue weighted by atomic mass is 19.1. The standard InChI is InChI=1S/C25H23F2N5O3/c1-12-21(11-17-16-9-14(26)3-5-19(16)32-24(17)34)30-13(2)23(12)25(35)29-8-7-22(33)31-20-6-4-15(27)10-18(20)28/h3-6,9-11,30H,7-8,28H2,1-2H3,(H,29,35)(H,31,33)(H,32,34)/b17-11-. The smallest absolute Gasteiger partial charge is 0.256 e. The Morgan fingerprint density at radius 1 is 1.09 bits per heavy atom. The molecule has 0 atom stereocenters. The third-order valence-electron chi connectivity index (χ3n) is 5.68. The zero-order chi connectivity index (χ0) is 25.3. The number of anilines is 3. The summed E-state index contributed by atoms with van der Waals surface area (Å²) in [6.07, 6.45) is 1.56. The van der Waals surface area contributed by atoms with E-state index in [1.54, 1.807) is 19.9 Å². The number of rotatable bonds is 6. The van der Waals surface area contributed by atoms with Gasteiger partial charge in [0.05, 0.1) is 22.5 Å². The van der Waals surface area contributed by atoms with Crippen LogP contribution in [0.4, 0.5) is 25.8 Å². The van der Waals surface area contributed by atoms with Gasteiger partial charge in [0.25, 0.3) is 11.8 Å². The summed E-state index contributed by atoms with van der Waals surface area (Å²) in [5.74, 6) is -2.12. The molecule has 0 fully saturated rings. The van der Waals surface area contributed by atoms with Crippen LogP contribution in [0, 0.1) is 25.5 Å². The molecular weight excluding hydrogens is 456 g/mol. The minimum atomic E-state index is -0.509. The molecule has 0 spiro atoms. The predicted molar refractivity (Wildman–Crippen MR) is 130 cm³/mol. The normalized spacial score (nSPS) is 13.5. The van der Waals surface area contributed by atoms with E-state index in [9.17, 15) is 23.2 Å². The van der Waals surface area contributed by atoms with E-state index in [0.29, 0.717) is 33.8 Å². The maximum absolute atomic E-state index is 13.7. The molecule has 6 N–H and O–H groups in total. The minimum absolute atomic E-state index is 0.0233. The van der Waals surface area contributed by atoms with Crippen LogP contribution in [0.2, 0.25) is 0 Å². The molecule has 0 saturated heterocycles. The number of aromatic amines is 1. The maximum atomic E-state index is 13.7. The molecule has 3 amide bonds. The first kappa shape index (κ1) is 23.7. The van der Waals surface area contributed by atoms with E-state index in [4.69, 9.17) is 5.73 Å². The van der Waals surface area contributed by atoms with E-state index >= 15 is 0 Å². The van der Waals surface area contributed by atoms with Gasteiger partial charge in [-0.3, -0.25) is 14.4 Å². The van der Waals surface area contributed by atoms with Gasteiger partial charge in [0.2, 0.25) is 5.91 Å². The Morgan fingerprint density at radius 3 is 2.54 bits per heavy atom. The second-order valence-corrected chi connectivity index (χ2v) is 8.15. The average Bonchev–Trinajstić information content (AvgIpc) is 3.25. The van der Waals surface area contributed by atoms with Crippen LogP contribution >= 0.6 is 0 Å². The second-order valence-electron chi connectivity index (χ2n) is 8.15. The molecular formula is C25H23F2N5O3. The van der Waals surface area contributed by atoms with Gasteiger partial charge < -0.3 is 26.7 Å². The summed E-state index contributed by atoms with van der Waals surface area (Å²) in [6, 6.07) is 7.69. The number of carbonyl (C=O) groups is 3. The Balaban J connectivity index is 1.43. The summed E-state index contributed by atoms with van der Waals surface area (Å²) in [6.45, 7) is 3.51. The molecule has 0 unspecified atom stereocenters. The van der Waals surface area contributed by atoms with Crippen molar-refractivity contribution >= 4 is 46.4 Å². The summed E-state index contributed by atoms with van der Waals surface area (Å²) in [5.41, 5.74) is 9.43. The van der Waals surface area contributed by atoms with Crippen LogP contribution in [0.25, 0.3) is 11.6 Å². The van der Waals surface area contributed by atoms with Gasteiger partial charge in [-0.15, -0.1) is 0 Å². The van der Waals surface area contributed by atoms with E-state index in [2.05, 4.69) is 20.9 Å². The number of carbonyl (C=O) groups excluding carboxylic acids is 3. The van der Waals surface area contributed by atoms with Crippen molar-refractivity contribution in [2.75, 3.05) is 22.9 Å². The molecule has 4 rings (SSSR count). The first-order valence-electron chi connectivity index (χ1n) is 10.8. The number of halogens is 2. The third kappa shape index (κ3) is 4.91. The van der Waals surface area contributed by atoms with Crippen LogP contribution in [-0.2, 0) is 9.59 Å². The molecule has 1 aromatic heterocycles. The lowest BCUT2D eigenvalue weighted by atomic mass is 10.0. The number of fused-ring (bicyclic) bond motifs is 1. The fourth-order valence-corrected chi connectivity index (χ4v) is 3.95. The molecule has 1 aliphatic heterocycles. The Bertz CT molecular complexity index is 1390. The second kappa shape index (κ2) is 9.41. The lowest BCUT2D eigenvalue weighted by Crippen LogP contribution is -2.28. The van der Waals surface area contributed by atoms with Crippen LogP contribution in [0.5, 0.6) is 0 Å². The molecule has 180 valence electrons. The molecule has 10 heteroatoms. The van der Waals surface area contributed by atoms with Crippen molar-refractivity contribution in [2.45, 2.75) is 20.3 Å². The Hall–Kier alpha value is -4.47. The van der Waals surface area contributed by atoms with Gasteiger partial charge in [0, 0.05) is 35.6 Å². The highest BCUT2D eigenvalue weighted by Gasteiger charge is 2.26. The van der Waals surface area contributed by atoms with Crippen molar-refractivity contribution in [1.82, 2.24) is 10.3 Å². The number of amides is 3. The van der Waals surface area contributed by atoms with Crippen LogP contribution in [0.15, 0.2) is 36.4 Å². The summed E-state index contributed by atoms with van der Waals surface area (Å²) in [4.78, 5) is 40.5. The van der Waals surface area contributed by atoms with E-state index in [0.717, 1.165) is 6.07 Å². The molecule has 8 nitrogen and oxygen atoms in total. The first-order chi connectivity index (χ1) is 16.6. The van der Waals surface area contributed by atoms with Gasteiger partial charge in [0.1, 0.15) is 11.6 Å². The van der Waals surface area contributed by atoms with Gasteiger partial charge in [-0.2, -0.15) is 0 Å². The minimum Gasteiger partial charge on any atom is -0.397 e. The summed E-state index contributed by atoms with van der Waals surface area (Å²) in [7, 11) is 0. The van der Waals surface area contributed by atoms with Crippen molar-refractivity contribution in [1.29, 1.82) is 0 Å². The topological polar surface area (TPSA) is 129 Å². The molecule has 0 aliphatic carbocycles. The number of benzene rings is 2. The molecule has 0 bridgehead atoms. The SMILES string of the molecule is Cc1[nH]c(/C=C2\C(=O)Nc3ccc(F)cc32)c(C)c1C(=O)NCCC(=O)Nc1ccc(F)cc1N. The van der Waals surface area contributed by atoms with Crippen molar-refractivity contribution in [3.05, 3.63) is 76.1 Å². The number of hydrogen-bond donors (Lipinski definition) is 5. The van der Waals surface area contributed by atoms with Gasteiger partial charge in [-0.1, -0.05) is 0 Å². The Labute approximate surface area is 199 Å². The molecule has 1 aliphatic rings. The number of H-pyrrole nitrogens is 1. The summed E-state index contributed by atoms with van der Waals surface area (Å²) < 4.78 is 26.8. The number of nitrogens with two attached hydrogens (primary N) is 1. The highest BCUT2D eigenvalue weighted by molar-refractivity contribution is 6.34. The number of aromatic nitrogens is 1. The number of nitrogens with one attached hydrogen (secondary N) is 4. The average molecular weight is 479 g/mol. The monoisotopic (exact) mass is 479 g/mol. The largest absolute Gasteiger partial charge is 0.397 e. The van der Waals surface area contributed by atoms with Crippen molar-refractivity contribution in [3.63, 3.8) is 0 Å². The zero-order valence-corrected chi connectivity index (χ0v) is 19.0. The fraction of sp³-hybridized carbons (Fsp3) is 0.160. The number of aryl methyl sites for hydroxylation is 1. The lowest BCUT2D eigenvalue weighted by Gasteiger charge is -2.09. The van der Waals surface area contributed by atoms with Crippen molar-refractivity contribution in [2.24, 2.45) is 0 Å². The zero-order valence-electron chi connectivity index (χ0n) is 19.0. The van der Waals surface area contributed by atoms with Crippen molar-refractivity contribution < 1.29 is 23.2 Å². The quantitative estimate of drug-likeness (QED) is 0.272. The maximum Gasteiger partial charge on any atom is 0.256 e. The third-order valence-corrected chi connectivity index (χ3v) is 5.68. The summed E-state index contributed by atoms with van der Waals surface area (Å²) >= 11 is 0. The molecule has 0 radical (unpaired) electrons. The van der Waals surface area contributed by atoms with Crippen molar-refractivity contribution in [3.8, 4) is 0 Å². The van der Waals surface area contributed by atoms with E-state index in [-0.39, 0.29) is 35.8 Å². The first-order valence-corrected chi connectivity index (χ1v) is 10.8. The Kier molecular flexibility index (Phi) is 6.37. The van der Waals surface area contributed by atoms with Crippen LogP contribution in [0.3, 0.4) is 0 Å².